The second kappa shape index (κ2) is 3.05. The Morgan fingerprint density at radius 2 is 2.33 bits per heavy atom. The summed E-state index contributed by atoms with van der Waals surface area (Å²) in [6, 6.07) is 0. The lowest BCUT2D eigenvalue weighted by Gasteiger charge is -2.38. The van der Waals surface area contributed by atoms with Crippen molar-refractivity contribution < 1.29 is 4.79 Å². The Balaban J connectivity index is 2.05. The summed E-state index contributed by atoms with van der Waals surface area (Å²) in [5.74, 6) is 1.21. The van der Waals surface area contributed by atoms with Crippen LogP contribution in [0.4, 0.5) is 0 Å². The molecule has 2 aliphatic rings. The summed E-state index contributed by atoms with van der Waals surface area (Å²) in [7, 11) is 2.10. The Morgan fingerprint density at radius 1 is 1.50 bits per heavy atom. The third kappa shape index (κ3) is 1.33. The van der Waals surface area contributed by atoms with Gasteiger partial charge in [-0.15, -0.1) is 0 Å². The number of amides is 1. The molecule has 0 radical (unpaired) electrons. The number of likely N-dealkylation sites (tertiary alicyclic amines) is 1. The fourth-order valence-corrected chi connectivity index (χ4v) is 2.32. The molecule has 68 valence electrons. The van der Waals surface area contributed by atoms with E-state index in [1.165, 1.54) is 12.8 Å². The standard InChI is InChI=1S/C9H16N2O/c1-11-5-3-7-2-4-10-9(12)8(7)6-11/h7-8H,2-6H2,1H3,(H,10,12). The van der Waals surface area contributed by atoms with E-state index in [9.17, 15) is 4.79 Å². The van der Waals surface area contributed by atoms with E-state index >= 15 is 0 Å². The van der Waals surface area contributed by atoms with Crippen LogP contribution in [0, 0.1) is 11.8 Å². The van der Waals surface area contributed by atoms with Gasteiger partial charge in [-0.05, 0) is 32.4 Å². The number of carbonyl (C=O) groups is 1. The zero-order valence-corrected chi connectivity index (χ0v) is 7.55. The first kappa shape index (κ1) is 8.05. The third-order valence-corrected chi connectivity index (χ3v) is 3.11. The van der Waals surface area contributed by atoms with Gasteiger partial charge in [0.15, 0.2) is 0 Å². The minimum atomic E-state index is 0.275. The van der Waals surface area contributed by atoms with Crippen molar-refractivity contribution in [1.29, 1.82) is 0 Å². The Kier molecular flexibility index (Phi) is 2.05. The third-order valence-electron chi connectivity index (χ3n) is 3.11. The molecule has 1 amide bonds. The van der Waals surface area contributed by atoms with E-state index in [0.29, 0.717) is 5.92 Å². The predicted molar refractivity (Wildman–Crippen MR) is 46.7 cm³/mol. The van der Waals surface area contributed by atoms with Crippen LogP contribution in [0.2, 0.25) is 0 Å². The Morgan fingerprint density at radius 3 is 3.17 bits per heavy atom. The summed E-state index contributed by atoms with van der Waals surface area (Å²) < 4.78 is 0. The highest BCUT2D eigenvalue weighted by atomic mass is 16.2. The van der Waals surface area contributed by atoms with Gasteiger partial charge in [0.05, 0.1) is 5.92 Å². The van der Waals surface area contributed by atoms with Crippen LogP contribution in [0.15, 0.2) is 0 Å². The molecule has 2 unspecified atom stereocenters. The van der Waals surface area contributed by atoms with Gasteiger partial charge in [-0.3, -0.25) is 4.79 Å². The Labute approximate surface area is 73.1 Å². The highest BCUT2D eigenvalue weighted by Gasteiger charge is 2.35. The highest BCUT2D eigenvalue weighted by molar-refractivity contribution is 5.80. The van der Waals surface area contributed by atoms with Crippen molar-refractivity contribution in [3.8, 4) is 0 Å². The van der Waals surface area contributed by atoms with Gasteiger partial charge in [0, 0.05) is 13.1 Å². The first-order chi connectivity index (χ1) is 5.77. The number of rotatable bonds is 0. The second-order valence-electron chi connectivity index (χ2n) is 4.00. The average Bonchev–Trinajstić information content (AvgIpc) is 2.07. The molecule has 1 N–H and O–H groups in total. The van der Waals surface area contributed by atoms with Crippen molar-refractivity contribution in [2.45, 2.75) is 12.8 Å². The van der Waals surface area contributed by atoms with Crippen LogP contribution < -0.4 is 5.32 Å². The molecule has 0 bridgehead atoms. The van der Waals surface area contributed by atoms with Crippen molar-refractivity contribution in [2.75, 3.05) is 26.7 Å². The quantitative estimate of drug-likeness (QED) is 0.555. The van der Waals surface area contributed by atoms with Gasteiger partial charge >= 0.3 is 0 Å². The molecule has 0 saturated carbocycles. The fraction of sp³-hybridized carbons (Fsp3) is 0.889. The lowest BCUT2D eigenvalue weighted by Crippen LogP contribution is -2.50. The summed E-state index contributed by atoms with van der Waals surface area (Å²) in [6.45, 7) is 3.01. The van der Waals surface area contributed by atoms with Crippen LogP contribution in [-0.2, 0) is 4.79 Å². The van der Waals surface area contributed by atoms with Crippen molar-refractivity contribution in [3.63, 3.8) is 0 Å². The molecule has 3 heteroatoms. The molecule has 2 atom stereocenters. The molecule has 3 nitrogen and oxygen atoms in total. The van der Waals surface area contributed by atoms with E-state index in [1.54, 1.807) is 0 Å². The molecule has 0 aromatic rings. The SMILES string of the molecule is CN1CCC2CCNC(=O)C2C1. The summed E-state index contributed by atoms with van der Waals surface area (Å²) in [6.07, 6.45) is 2.39. The van der Waals surface area contributed by atoms with Crippen LogP contribution >= 0.6 is 0 Å². The summed E-state index contributed by atoms with van der Waals surface area (Å²) >= 11 is 0. The van der Waals surface area contributed by atoms with E-state index < -0.39 is 0 Å². The maximum Gasteiger partial charge on any atom is 0.224 e. The molecule has 2 saturated heterocycles. The van der Waals surface area contributed by atoms with Gasteiger partial charge < -0.3 is 10.2 Å². The molecule has 0 spiro atoms. The topological polar surface area (TPSA) is 32.3 Å². The number of nitrogens with zero attached hydrogens (tertiary/aromatic N) is 1. The zero-order chi connectivity index (χ0) is 8.55. The van der Waals surface area contributed by atoms with E-state index in [1.807, 2.05) is 0 Å². The summed E-state index contributed by atoms with van der Waals surface area (Å²) in [4.78, 5) is 13.7. The maximum atomic E-state index is 11.4. The van der Waals surface area contributed by atoms with Gasteiger partial charge in [0.1, 0.15) is 0 Å². The molecule has 0 aromatic heterocycles. The van der Waals surface area contributed by atoms with E-state index in [2.05, 4.69) is 17.3 Å². The van der Waals surface area contributed by atoms with Gasteiger partial charge in [0.25, 0.3) is 0 Å². The highest BCUT2D eigenvalue weighted by Crippen LogP contribution is 2.27. The molecule has 2 fully saturated rings. The van der Waals surface area contributed by atoms with Crippen LogP contribution in [0.5, 0.6) is 0 Å². The molecule has 2 rings (SSSR count). The Bertz CT molecular complexity index is 193. The minimum absolute atomic E-state index is 0.275. The average molecular weight is 168 g/mol. The van der Waals surface area contributed by atoms with Crippen molar-refractivity contribution in [3.05, 3.63) is 0 Å². The normalized spacial score (nSPS) is 37.2. The van der Waals surface area contributed by atoms with Crippen LogP contribution in [0.1, 0.15) is 12.8 Å². The Hall–Kier alpha value is -0.570. The maximum absolute atomic E-state index is 11.4. The van der Waals surface area contributed by atoms with Gasteiger partial charge in [0.2, 0.25) is 5.91 Å². The lowest BCUT2D eigenvalue weighted by molar-refractivity contribution is -0.131. The van der Waals surface area contributed by atoms with Gasteiger partial charge in [-0.2, -0.15) is 0 Å². The molecular weight excluding hydrogens is 152 g/mol. The number of hydrogen-bond acceptors (Lipinski definition) is 2. The number of hydrogen-bond donors (Lipinski definition) is 1. The van der Waals surface area contributed by atoms with E-state index in [4.69, 9.17) is 0 Å². The fourth-order valence-electron chi connectivity index (χ4n) is 2.32. The largest absolute Gasteiger partial charge is 0.356 e. The molecule has 12 heavy (non-hydrogen) atoms. The molecule has 0 aromatic carbocycles. The zero-order valence-electron chi connectivity index (χ0n) is 7.55. The monoisotopic (exact) mass is 168 g/mol. The predicted octanol–water partition coefficient (Wildman–Crippen LogP) is 0.0742. The van der Waals surface area contributed by atoms with Crippen molar-refractivity contribution in [1.82, 2.24) is 10.2 Å². The van der Waals surface area contributed by atoms with Crippen molar-refractivity contribution >= 4 is 5.91 Å². The number of fused-ring (bicyclic) bond motifs is 1. The van der Waals surface area contributed by atoms with E-state index in [0.717, 1.165) is 19.6 Å². The van der Waals surface area contributed by atoms with Crippen LogP contribution in [0.3, 0.4) is 0 Å². The molecular formula is C9H16N2O. The van der Waals surface area contributed by atoms with Crippen molar-refractivity contribution in [2.24, 2.45) is 11.8 Å². The minimum Gasteiger partial charge on any atom is -0.356 e. The summed E-state index contributed by atoms with van der Waals surface area (Å²) in [5.41, 5.74) is 0. The van der Waals surface area contributed by atoms with Crippen LogP contribution in [0.25, 0.3) is 0 Å². The molecule has 0 aliphatic carbocycles. The summed E-state index contributed by atoms with van der Waals surface area (Å²) in [5, 5.41) is 2.94. The second-order valence-corrected chi connectivity index (χ2v) is 4.00. The van der Waals surface area contributed by atoms with E-state index in [-0.39, 0.29) is 11.8 Å². The lowest BCUT2D eigenvalue weighted by atomic mass is 9.80. The van der Waals surface area contributed by atoms with Gasteiger partial charge in [-0.25, -0.2) is 0 Å². The number of nitrogens with one attached hydrogen (secondary N) is 1. The van der Waals surface area contributed by atoms with Crippen LogP contribution in [-0.4, -0.2) is 37.5 Å². The number of piperidine rings is 2. The first-order valence-electron chi connectivity index (χ1n) is 4.73. The molecule has 2 heterocycles. The van der Waals surface area contributed by atoms with Gasteiger partial charge in [-0.1, -0.05) is 0 Å². The first-order valence-corrected chi connectivity index (χ1v) is 4.73. The smallest absolute Gasteiger partial charge is 0.224 e. The number of carbonyl (C=O) groups excluding carboxylic acids is 1. The molecule has 2 aliphatic heterocycles.